The molecule has 0 spiro atoms. The van der Waals surface area contributed by atoms with Gasteiger partial charge in [-0.2, -0.15) is 0 Å². The minimum atomic E-state index is -0.347. The van der Waals surface area contributed by atoms with E-state index in [1.807, 2.05) is 36.6 Å². The predicted octanol–water partition coefficient (Wildman–Crippen LogP) is 3.35. The van der Waals surface area contributed by atoms with E-state index in [-0.39, 0.29) is 11.7 Å². The smallest absolute Gasteiger partial charge is 0.275 e. The van der Waals surface area contributed by atoms with E-state index in [9.17, 15) is 9.59 Å². The highest BCUT2D eigenvalue weighted by atomic mass is 16.5. The fourth-order valence-corrected chi connectivity index (χ4v) is 2.72. The molecule has 7 nitrogen and oxygen atoms in total. The molecule has 0 aliphatic heterocycles. The summed E-state index contributed by atoms with van der Waals surface area (Å²) in [4.78, 5) is 32.2. The lowest BCUT2D eigenvalue weighted by atomic mass is 10.2. The van der Waals surface area contributed by atoms with Gasteiger partial charge in [0.1, 0.15) is 23.0 Å². The quantitative estimate of drug-likeness (QED) is 0.702. The number of benzene rings is 1. The summed E-state index contributed by atoms with van der Waals surface area (Å²) in [6.45, 7) is 5.25. The van der Waals surface area contributed by atoms with Crippen LogP contribution in [0.1, 0.15) is 39.3 Å². The number of Topliss-reactive ketones (excluding diaryl/α,β-unsaturated/α-hetero) is 1. The zero-order valence-electron chi connectivity index (χ0n) is 15.6. The van der Waals surface area contributed by atoms with Crippen molar-refractivity contribution in [1.29, 1.82) is 0 Å². The maximum absolute atomic E-state index is 12.5. The van der Waals surface area contributed by atoms with Crippen LogP contribution in [0.2, 0.25) is 0 Å². The third kappa shape index (κ3) is 3.87. The van der Waals surface area contributed by atoms with Crippen LogP contribution in [0.5, 0.6) is 5.75 Å². The van der Waals surface area contributed by atoms with Crippen LogP contribution in [-0.2, 0) is 0 Å². The number of rotatable bonds is 5. The van der Waals surface area contributed by atoms with E-state index in [0.717, 1.165) is 17.0 Å². The van der Waals surface area contributed by atoms with Crippen molar-refractivity contribution >= 4 is 17.4 Å². The van der Waals surface area contributed by atoms with Crippen LogP contribution in [0.4, 0.5) is 5.69 Å². The molecule has 0 saturated heterocycles. The Balaban J connectivity index is 1.83. The average molecular weight is 364 g/mol. The lowest BCUT2D eigenvalue weighted by Gasteiger charge is -2.10. The second-order valence-electron chi connectivity index (χ2n) is 6.14. The van der Waals surface area contributed by atoms with Gasteiger partial charge in [0.2, 0.25) is 0 Å². The van der Waals surface area contributed by atoms with Crippen LogP contribution >= 0.6 is 0 Å². The van der Waals surface area contributed by atoms with Crippen molar-refractivity contribution in [3.63, 3.8) is 0 Å². The monoisotopic (exact) mass is 364 g/mol. The summed E-state index contributed by atoms with van der Waals surface area (Å²) in [5, 5.41) is 2.74. The van der Waals surface area contributed by atoms with E-state index in [0.29, 0.717) is 22.9 Å². The number of hydrogen-bond donors (Lipinski definition) is 1. The number of ether oxygens (including phenoxy) is 1. The van der Waals surface area contributed by atoms with Crippen molar-refractivity contribution in [2.24, 2.45) is 0 Å². The fraction of sp³-hybridized carbons (Fsp3) is 0.200. The number of carbonyl (C=O) groups is 2. The van der Waals surface area contributed by atoms with Gasteiger partial charge in [0.05, 0.1) is 19.0 Å². The molecule has 0 radical (unpaired) electrons. The number of hydrogen-bond acceptors (Lipinski definition) is 5. The van der Waals surface area contributed by atoms with Crippen molar-refractivity contribution in [3.05, 3.63) is 65.5 Å². The third-order valence-corrected chi connectivity index (χ3v) is 4.16. The summed E-state index contributed by atoms with van der Waals surface area (Å²) in [5.74, 6) is 0.990. The first kappa shape index (κ1) is 18.3. The Bertz CT molecular complexity index is 1010. The Kier molecular flexibility index (Phi) is 5.03. The molecule has 1 amide bonds. The van der Waals surface area contributed by atoms with Gasteiger partial charge in [-0.3, -0.25) is 14.6 Å². The second kappa shape index (κ2) is 7.41. The van der Waals surface area contributed by atoms with E-state index >= 15 is 0 Å². The average Bonchev–Trinajstić information content (AvgIpc) is 3.03. The van der Waals surface area contributed by atoms with Crippen LogP contribution < -0.4 is 10.1 Å². The van der Waals surface area contributed by atoms with Gasteiger partial charge in [0.15, 0.2) is 5.78 Å². The van der Waals surface area contributed by atoms with Gasteiger partial charge in [-0.1, -0.05) is 0 Å². The SMILES string of the molecule is COc1ccc(-n2cc(C(=O)Nc3ccc(C(C)=O)nc3)nc2C)c(C)c1. The molecule has 1 aromatic carbocycles. The molecule has 138 valence electrons. The number of nitrogens with one attached hydrogen (secondary N) is 1. The Labute approximate surface area is 157 Å². The molecule has 3 aromatic rings. The Hall–Kier alpha value is -3.48. The topological polar surface area (TPSA) is 86.1 Å². The third-order valence-electron chi connectivity index (χ3n) is 4.16. The number of amides is 1. The highest BCUT2D eigenvalue weighted by Crippen LogP contribution is 2.22. The summed E-state index contributed by atoms with van der Waals surface area (Å²) in [7, 11) is 1.62. The Morgan fingerprint density at radius 3 is 2.48 bits per heavy atom. The normalized spacial score (nSPS) is 10.5. The first-order valence-electron chi connectivity index (χ1n) is 8.38. The predicted molar refractivity (Wildman–Crippen MR) is 102 cm³/mol. The zero-order chi connectivity index (χ0) is 19.6. The van der Waals surface area contributed by atoms with Crippen LogP contribution in [0.3, 0.4) is 0 Å². The van der Waals surface area contributed by atoms with Gasteiger partial charge in [-0.05, 0) is 49.7 Å². The number of ketones is 1. The van der Waals surface area contributed by atoms with Gasteiger partial charge in [0, 0.05) is 18.8 Å². The maximum Gasteiger partial charge on any atom is 0.275 e. The first-order valence-corrected chi connectivity index (χ1v) is 8.38. The molecule has 1 N–H and O–H groups in total. The van der Waals surface area contributed by atoms with Gasteiger partial charge in [-0.25, -0.2) is 4.98 Å². The van der Waals surface area contributed by atoms with E-state index in [4.69, 9.17) is 4.74 Å². The number of pyridine rings is 1. The highest BCUT2D eigenvalue weighted by molar-refractivity contribution is 6.03. The van der Waals surface area contributed by atoms with Crippen LogP contribution in [0.25, 0.3) is 5.69 Å². The largest absolute Gasteiger partial charge is 0.497 e. The van der Waals surface area contributed by atoms with E-state index in [1.54, 1.807) is 25.4 Å². The number of anilines is 1. The summed E-state index contributed by atoms with van der Waals surface area (Å²) < 4.78 is 7.09. The number of methoxy groups -OCH3 is 1. The molecule has 27 heavy (non-hydrogen) atoms. The minimum absolute atomic E-state index is 0.128. The standard InChI is InChI=1S/C20H20N4O3/c1-12-9-16(27-4)6-8-19(12)24-11-18(22-14(24)3)20(26)23-15-5-7-17(13(2)25)21-10-15/h5-11H,1-4H3,(H,23,26). The number of aromatic nitrogens is 3. The molecule has 2 aromatic heterocycles. The number of carbonyl (C=O) groups excluding carboxylic acids is 2. The Morgan fingerprint density at radius 2 is 1.89 bits per heavy atom. The summed E-state index contributed by atoms with van der Waals surface area (Å²) >= 11 is 0. The maximum atomic E-state index is 12.5. The minimum Gasteiger partial charge on any atom is -0.497 e. The van der Waals surface area contributed by atoms with Crippen molar-refractivity contribution < 1.29 is 14.3 Å². The fourth-order valence-electron chi connectivity index (χ4n) is 2.72. The molecule has 0 saturated carbocycles. The second-order valence-corrected chi connectivity index (χ2v) is 6.14. The number of imidazole rings is 1. The first-order chi connectivity index (χ1) is 12.9. The molecule has 0 aliphatic rings. The summed E-state index contributed by atoms with van der Waals surface area (Å²) in [6.07, 6.45) is 3.14. The Morgan fingerprint density at radius 1 is 1.11 bits per heavy atom. The molecule has 0 bridgehead atoms. The van der Waals surface area contributed by atoms with Gasteiger partial charge in [0.25, 0.3) is 5.91 Å². The summed E-state index contributed by atoms with van der Waals surface area (Å²) in [6, 6.07) is 8.93. The van der Waals surface area contributed by atoms with Crippen LogP contribution in [-0.4, -0.2) is 33.3 Å². The molecule has 0 aliphatic carbocycles. The van der Waals surface area contributed by atoms with Crippen molar-refractivity contribution in [2.45, 2.75) is 20.8 Å². The van der Waals surface area contributed by atoms with Crippen molar-refractivity contribution in [1.82, 2.24) is 14.5 Å². The molecular formula is C20H20N4O3. The van der Waals surface area contributed by atoms with Crippen molar-refractivity contribution in [3.8, 4) is 11.4 Å². The van der Waals surface area contributed by atoms with Gasteiger partial charge >= 0.3 is 0 Å². The van der Waals surface area contributed by atoms with Gasteiger partial charge in [-0.15, -0.1) is 0 Å². The van der Waals surface area contributed by atoms with E-state index < -0.39 is 0 Å². The molecule has 0 unspecified atom stereocenters. The zero-order valence-corrected chi connectivity index (χ0v) is 15.6. The number of nitrogens with zero attached hydrogens (tertiary/aromatic N) is 3. The van der Waals surface area contributed by atoms with E-state index in [2.05, 4.69) is 15.3 Å². The summed E-state index contributed by atoms with van der Waals surface area (Å²) in [5.41, 5.74) is 3.07. The molecule has 0 fully saturated rings. The van der Waals surface area contributed by atoms with Crippen LogP contribution in [0, 0.1) is 13.8 Å². The number of aryl methyl sites for hydroxylation is 2. The van der Waals surface area contributed by atoms with Crippen LogP contribution in [0.15, 0.2) is 42.7 Å². The van der Waals surface area contributed by atoms with Crippen molar-refractivity contribution in [2.75, 3.05) is 12.4 Å². The van der Waals surface area contributed by atoms with Gasteiger partial charge < -0.3 is 14.6 Å². The highest BCUT2D eigenvalue weighted by Gasteiger charge is 2.15. The molecule has 7 heteroatoms. The molecule has 3 rings (SSSR count). The lowest BCUT2D eigenvalue weighted by Crippen LogP contribution is -2.13. The lowest BCUT2D eigenvalue weighted by molar-refractivity contribution is 0.101. The molecule has 0 atom stereocenters. The van der Waals surface area contributed by atoms with E-state index in [1.165, 1.54) is 13.1 Å². The molecule has 2 heterocycles. The molecular weight excluding hydrogens is 344 g/mol.